The molecule has 0 saturated carbocycles. The highest BCUT2D eigenvalue weighted by Crippen LogP contribution is 2.32. The van der Waals surface area contributed by atoms with E-state index in [1.54, 1.807) is 23.1 Å². The van der Waals surface area contributed by atoms with E-state index in [4.69, 9.17) is 16.0 Å². The molecule has 5 nitrogen and oxygen atoms in total. The zero-order chi connectivity index (χ0) is 17.6. The summed E-state index contributed by atoms with van der Waals surface area (Å²) in [7, 11) is 0. The molecular weight excluding hydrogens is 423 g/mol. The lowest BCUT2D eigenvalue weighted by atomic mass is 9.96. The second kappa shape index (κ2) is 8.47. The fourth-order valence-electron chi connectivity index (χ4n) is 3.55. The van der Waals surface area contributed by atoms with Crippen molar-refractivity contribution in [3.63, 3.8) is 0 Å². The fraction of sp³-hybridized carbons (Fsp3) is 0.529. The van der Waals surface area contributed by atoms with Crippen LogP contribution in [0.1, 0.15) is 31.1 Å². The Labute approximate surface area is 172 Å². The van der Waals surface area contributed by atoms with Crippen molar-refractivity contribution in [3.05, 3.63) is 29.1 Å². The molecule has 0 aliphatic carbocycles. The number of carbonyl (C=O) groups excluding carboxylic acids is 1. The van der Waals surface area contributed by atoms with E-state index in [1.165, 1.54) is 0 Å². The average molecular weight is 443 g/mol. The number of halogens is 5. The Balaban J connectivity index is 0.00000131. The van der Waals surface area contributed by atoms with E-state index in [0.717, 1.165) is 5.52 Å². The van der Waals surface area contributed by atoms with Gasteiger partial charge in [0.15, 0.2) is 11.5 Å². The van der Waals surface area contributed by atoms with Gasteiger partial charge in [0, 0.05) is 30.5 Å². The van der Waals surface area contributed by atoms with Gasteiger partial charge in [-0.15, -0.1) is 24.8 Å². The summed E-state index contributed by atoms with van der Waals surface area (Å²) >= 11 is 5.96. The van der Waals surface area contributed by atoms with Gasteiger partial charge in [-0.1, -0.05) is 11.6 Å². The Morgan fingerprint density at radius 3 is 2.63 bits per heavy atom. The van der Waals surface area contributed by atoms with E-state index in [-0.39, 0.29) is 36.6 Å². The maximum absolute atomic E-state index is 13.3. The normalized spacial score (nSPS) is 22.3. The Kier molecular flexibility index (Phi) is 6.95. The Morgan fingerprint density at radius 1 is 1.30 bits per heavy atom. The summed E-state index contributed by atoms with van der Waals surface area (Å²) in [4.78, 5) is 18.5. The Hall–Kier alpha value is -1.15. The minimum atomic E-state index is -2.79. The average Bonchev–Trinajstić information content (AvgIpc) is 3.17. The third-order valence-corrected chi connectivity index (χ3v) is 5.17. The van der Waals surface area contributed by atoms with Crippen LogP contribution in [0.2, 0.25) is 5.02 Å². The first-order valence-electron chi connectivity index (χ1n) is 8.37. The number of nitrogens with zero attached hydrogens (tertiary/aromatic N) is 2. The highest BCUT2D eigenvalue weighted by Gasteiger charge is 2.44. The molecule has 1 N–H and O–H groups in total. The first-order chi connectivity index (χ1) is 11.9. The number of hydrogen-bond acceptors (Lipinski definition) is 4. The van der Waals surface area contributed by atoms with E-state index in [9.17, 15) is 13.6 Å². The number of carbonyl (C=O) groups is 1. The Morgan fingerprint density at radius 2 is 2.00 bits per heavy atom. The van der Waals surface area contributed by atoms with Crippen LogP contribution in [0.15, 0.2) is 22.6 Å². The van der Waals surface area contributed by atoms with E-state index < -0.39 is 24.9 Å². The molecule has 2 aliphatic rings. The van der Waals surface area contributed by atoms with Crippen molar-refractivity contribution in [1.29, 1.82) is 0 Å². The summed E-state index contributed by atoms with van der Waals surface area (Å²) in [6.07, 6.45) is 0.989. The molecule has 0 bridgehead atoms. The van der Waals surface area contributed by atoms with Crippen LogP contribution in [0.5, 0.6) is 0 Å². The maximum Gasteiger partial charge on any atom is 0.262 e. The highest BCUT2D eigenvalue weighted by atomic mass is 35.5. The predicted octanol–water partition coefficient (Wildman–Crippen LogP) is 4.03. The number of rotatable bonds is 2. The number of oxazole rings is 1. The predicted molar refractivity (Wildman–Crippen MR) is 103 cm³/mol. The first-order valence-corrected chi connectivity index (χ1v) is 8.75. The molecule has 1 aromatic heterocycles. The second-order valence-electron chi connectivity index (χ2n) is 6.76. The summed E-state index contributed by atoms with van der Waals surface area (Å²) < 4.78 is 32.3. The lowest BCUT2D eigenvalue weighted by Crippen LogP contribution is -2.46. The molecule has 2 aromatic rings. The molecule has 1 unspecified atom stereocenters. The van der Waals surface area contributed by atoms with Crippen molar-refractivity contribution >= 4 is 53.4 Å². The molecule has 2 saturated heterocycles. The topological polar surface area (TPSA) is 58.4 Å². The lowest BCUT2D eigenvalue weighted by Gasteiger charge is -2.32. The van der Waals surface area contributed by atoms with Gasteiger partial charge in [0.1, 0.15) is 5.52 Å². The molecule has 0 spiro atoms. The van der Waals surface area contributed by atoms with Gasteiger partial charge in [-0.2, -0.15) is 0 Å². The number of benzene rings is 1. The molecular formula is C17H20Cl3F2N3O2. The zero-order valence-electron chi connectivity index (χ0n) is 14.3. The number of nitrogens with one attached hydrogen (secondary N) is 1. The molecule has 1 amide bonds. The number of amides is 1. The molecule has 2 fully saturated rings. The van der Waals surface area contributed by atoms with Gasteiger partial charge < -0.3 is 9.32 Å². The van der Waals surface area contributed by atoms with Crippen molar-refractivity contribution < 1.29 is 18.0 Å². The van der Waals surface area contributed by atoms with Crippen molar-refractivity contribution in [2.45, 2.75) is 37.1 Å². The largest absolute Gasteiger partial charge is 0.440 e. The van der Waals surface area contributed by atoms with E-state index in [2.05, 4.69) is 10.3 Å². The smallest absolute Gasteiger partial charge is 0.262 e. The summed E-state index contributed by atoms with van der Waals surface area (Å²) in [5.74, 6) is -2.26. The highest BCUT2D eigenvalue weighted by molar-refractivity contribution is 6.31. The van der Waals surface area contributed by atoms with Crippen LogP contribution in [0, 0.1) is 0 Å². The molecule has 2 aliphatic heterocycles. The van der Waals surface area contributed by atoms with E-state index >= 15 is 0 Å². The molecule has 3 heterocycles. The molecule has 4 rings (SSSR count). The molecule has 1 aromatic carbocycles. The first kappa shape index (κ1) is 22.1. The second-order valence-corrected chi connectivity index (χ2v) is 7.19. The summed E-state index contributed by atoms with van der Waals surface area (Å²) in [6, 6.07) is 4.52. The number of fused-ring (bicyclic) bond motifs is 1. The van der Waals surface area contributed by atoms with E-state index in [0.29, 0.717) is 42.4 Å². The van der Waals surface area contributed by atoms with Crippen LogP contribution in [0.25, 0.3) is 11.1 Å². The van der Waals surface area contributed by atoms with Gasteiger partial charge in [-0.05, 0) is 31.0 Å². The minimum Gasteiger partial charge on any atom is -0.440 e. The van der Waals surface area contributed by atoms with Gasteiger partial charge in [0.25, 0.3) is 5.92 Å². The van der Waals surface area contributed by atoms with Gasteiger partial charge in [0.2, 0.25) is 5.91 Å². The third-order valence-electron chi connectivity index (χ3n) is 4.93. The number of piperidine rings is 1. The van der Waals surface area contributed by atoms with Crippen molar-refractivity contribution in [2.75, 3.05) is 19.6 Å². The van der Waals surface area contributed by atoms with Gasteiger partial charge in [-0.25, -0.2) is 13.8 Å². The van der Waals surface area contributed by atoms with Gasteiger partial charge in [0.05, 0.1) is 12.6 Å². The summed E-state index contributed by atoms with van der Waals surface area (Å²) in [5, 5.41) is 3.23. The van der Waals surface area contributed by atoms with E-state index in [1.807, 2.05) is 0 Å². The third kappa shape index (κ3) is 4.65. The molecule has 27 heavy (non-hydrogen) atoms. The quantitative estimate of drug-likeness (QED) is 0.763. The maximum atomic E-state index is 13.3. The molecule has 0 radical (unpaired) electrons. The monoisotopic (exact) mass is 441 g/mol. The van der Waals surface area contributed by atoms with Crippen LogP contribution in [0.3, 0.4) is 0 Å². The standard InChI is InChI=1S/C17H18ClF2N3O2.2ClH/c18-11-1-2-14-12(7-11)22-15(25-14)10-3-5-23(6-4-10)16(24)13-8-17(19,20)9-21-13;;/h1-2,7,10,13,21H,3-6,8-9H2;2*1H. The van der Waals surface area contributed by atoms with Crippen LogP contribution < -0.4 is 5.32 Å². The molecule has 150 valence electrons. The van der Waals surface area contributed by atoms with Crippen LogP contribution in [-0.4, -0.2) is 47.4 Å². The Bertz CT molecular complexity index is 810. The summed E-state index contributed by atoms with van der Waals surface area (Å²) in [5.41, 5.74) is 1.41. The summed E-state index contributed by atoms with van der Waals surface area (Å²) in [6.45, 7) is 0.616. The number of hydrogen-bond donors (Lipinski definition) is 1. The van der Waals surface area contributed by atoms with Gasteiger partial charge >= 0.3 is 0 Å². The van der Waals surface area contributed by atoms with Gasteiger partial charge in [-0.3, -0.25) is 10.1 Å². The van der Waals surface area contributed by atoms with Crippen molar-refractivity contribution in [1.82, 2.24) is 15.2 Å². The number of likely N-dealkylation sites (tertiary alicyclic amines) is 1. The number of alkyl halides is 2. The minimum absolute atomic E-state index is 0. The molecule has 1 atom stereocenters. The van der Waals surface area contributed by atoms with Crippen molar-refractivity contribution in [3.8, 4) is 0 Å². The van der Waals surface area contributed by atoms with Crippen molar-refractivity contribution in [2.24, 2.45) is 0 Å². The SMILES string of the molecule is Cl.Cl.O=C(C1CC(F)(F)CN1)N1CCC(c2nc3cc(Cl)ccc3o2)CC1. The van der Waals surface area contributed by atoms with Crippen LogP contribution >= 0.6 is 36.4 Å². The number of aromatic nitrogens is 1. The lowest BCUT2D eigenvalue weighted by molar-refractivity contribution is -0.134. The zero-order valence-corrected chi connectivity index (χ0v) is 16.7. The molecule has 10 heteroatoms. The van der Waals surface area contributed by atoms with Crippen LogP contribution in [-0.2, 0) is 4.79 Å². The van der Waals surface area contributed by atoms with Crippen LogP contribution in [0.4, 0.5) is 8.78 Å². The fourth-order valence-corrected chi connectivity index (χ4v) is 3.72.